The molecule has 3 nitrogen and oxygen atoms in total. The van der Waals surface area contributed by atoms with Gasteiger partial charge in [0.05, 0.1) is 5.92 Å². The van der Waals surface area contributed by atoms with Gasteiger partial charge in [-0.3, -0.25) is 4.79 Å². The number of halogens is 1. The monoisotopic (exact) mass is 265 g/mol. The van der Waals surface area contributed by atoms with Crippen molar-refractivity contribution in [2.24, 2.45) is 17.6 Å². The van der Waals surface area contributed by atoms with Crippen LogP contribution in [-0.2, 0) is 4.79 Å². The number of aliphatic carboxylic acids is 1. The molecule has 2 rings (SSSR count). The Kier molecular flexibility index (Phi) is 4.20. The number of hydrogen-bond acceptors (Lipinski definition) is 2. The highest BCUT2D eigenvalue weighted by Gasteiger charge is 2.29. The van der Waals surface area contributed by atoms with Crippen LogP contribution < -0.4 is 5.73 Å². The lowest BCUT2D eigenvalue weighted by Gasteiger charge is -2.30. The number of benzene rings is 1. The van der Waals surface area contributed by atoms with Crippen LogP contribution in [0.2, 0.25) is 0 Å². The fourth-order valence-corrected chi connectivity index (χ4v) is 2.87. The molecule has 19 heavy (non-hydrogen) atoms. The summed E-state index contributed by atoms with van der Waals surface area (Å²) in [5.74, 6) is -0.853. The SMILES string of the molecule is Cc1cc(C(N)C2CCC(C(=O)O)CC2)ccc1F. The van der Waals surface area contributed by atoms with Gasteiger partial charge in [-0.1, -0.05) is 12.1 Å². The molecule has 1 unspecified atom stereocenters. The second kappa shape index (κ2) is 5.70. The summed E-state index contributed by atoms with van der Waals surface area (Å²) < 4.78 is 13.2. The number of carboxylic acid groups (broad SMARTS) is 1. The van der Waals surface area contributed by atoms with Crippen molar-refractivity contribution in [3.05, 3.63) is 35.1 Å². The molecule has 1 aliphatic rings. The lowest BCUT2D eigenvalue weighted by Crippen LogP contribution is -2.28. The Bertz CT molecular complexity index is 467. The van der Waals surface area contributed by atoms with Crippen LogP contribution in [0.3, 0.4) is 0 Å². The van der Waals surface area contributed by atoms with Gasteiger partial charge in [-0.25, -0.2) is 4.39 Å². The molecule has 3 N–H and O–H groups in total. The van der Waals surface area contributed by atoms with Crippen molar-refractivity contribution in [2.45, 2.75) is 38.6 Å². The summed E-state index contributed by atoms with van der Waals surface area (Å²) in [6.07, 6.45) is 3.03. The first-order valence-electron chi connectivity index (χ1n) is 6.73. The average Bonchev–Trinajstić information content (AvgIpc) is 2.41. The number of nitrogens with two attached hydrogens (primary N) is 1. The van der Waals surface area contributed by atoms with E-state index in [-0.39, 0.29) is 17.8 Å². The Balaban J connectivity index is 2.02. The van der Waals surface area contributed by atoms with Crippen LogP contribution in [-0.4, -0.2) is 11.1 Å². The highest BCUT2D eigenvalue weighted by atomic mass is 19.1. The van der Waals surface area contributed by atoms with Gasteiger partial charge < -0.3 is 10.8 Å². The minimum Gasteiger partial charge on any atom is -0.481 e. The molecule has 1 atom stereocenters. The molecule has 1 aromatic carbocycles. The van der Waals surface area contributed by atoms with Crippen LogP contribution in [0.4, 0.5) is 4.39 Å². The molecule has 0 amide bonds. The molecule has 1 saturated carbocycles. The average molecular weight is 265 g/mol. The number of rotatable bonds is 3. The van der Waals surface area contributed by atoms with Gasteiger partial charge in [0.2, 0.25) is 0 Å². The van der Waals surface area contributed by atoms with Gasteiger partial charge in [0, 0.05) is 6.04 Å². The predicted octanol–water partition coefficient (Wildman–Crippen LogP) is 3.02. The third-order valence-electron chi connectivity index (χ3n) is 4.20. The second-order valence-electron chi connectivity index (χ2n) is 5.48. The first kappa shape index (κ1) is 14.0. The smallest absolute Gasteiger partial charge is 0.306 e. The van der Waals surface area contributed by atoms with E-state index >= 15 is 0 Å². The molecule has 0 aliphatic heterocycles. The van der Waals surface area contributed by atoms with Crippen molar-refractivity contribution in [1.82, 2.24) is 0 Å². The topological polar surface area (TPSA) is 63.3 Å². The van der Waals surface area contributed by atoms with Gasteiger partial charge in [-0.15, -0.1) is 0 Å². The summed E-state index contributed by atoms with van der Waals surface area (Å²) in [6, 6.07) is 4.85. The Hall–Kier alpha value is -1.42. The van der Waals surface area contributed by atoms with Crippen LogP contribution in [0.15, 0.2) is 18.2 Å². The third-order valence-corrected chi connectivity index (χ3v) is 4.20. The highest BCUT2D eigenvalue weighted by Crippen LogP contribution is 2.36. The lowest BCUT2D eigenvalue weighted by molar-refractivity contribution is -0.143. The molecule has 1 aliphatic carbocycles. The molecule has 0 radical (unpaired) electrons. The van der Waals surface area contributed by atoms with Gasteiger partial charge in [0.1, 0.15) is 5.82 Å². The van der Waals surface area contributed by atoms with Gasteiger partial charge >= 0.3 is 5.97 Å². The van der Waals surface area contributed by atoms with E-state index in [9.17, 15) is 9.18 Å². The van der Waals surface area contributed by atoms with E-state index in [1.807, 2.05) is 0 Å². The fraction of sp³-hybridized carbons (Fsp3) is 0.533. The van der Waals surface area contributed by atoms with Crippen LogP contribution in [0.5, 0.6) is 0 Å². The summed E-state index contributed by atoms with van der Waals surface area (Å²) in [4.78, 5) is 10.9. The lowest BCUT2D eigenvalue weighted by atomic mass is 9.77. The first-order chi connectivity index (χ1) is 8.99. The van der Waals surface area contributed by atoms with Crippen molar-refractivity contribution in [3.8, 4) is 0 Å². The zero-order valence-corrected chi connectivity index (χ0v) is 11.1. The molecule has 0 aromatic heterocycles. The number of carbonyl (C=O) groups is 1. The Morgan fingerprint density at radius 2 is 2.00 bits per heavy atom. The van der Waals surface area contributed by atoms with Crippen LogP contribution in [0, 0.1) is 24.6 Å². The quantitative estimate of drug-likeness (QED) is 0.883. The molecular formula is C15H20FNO2. The van der Waals surface area contributed by atoms with Crippen molar-refractivity contribution in [1.29, 1.82) is 0 Å². The van der Waals surface area contributed by atoms with Crippen LogP contribution in [0.25, 0.3) is 0 Å². The van der Waals surface area contributed by atoms with Crippen molar-refractivity contribution in [3.63, 3.8) is 0 Å². The maximum absolute atomic E-state index is 13.2. The molecule has 0 saturated heterocycles. The minimum absolute atomic E-state index is 0.131. The molecule has 0 spiro atoms. The summed E-state index contributed by atoms with van der Waals surface area (Å²) in [5.41, 5.74) is 7.79. The van der Waals surface area contributed by atoms with Gasteiger partial charge in [0.25, 0.3) is 0 Å². The highest BCUT2D eigenvalue weighted by molar-refractivity contribution is 5.70. The molecule has 0 heterocycles. The van der Waals surface area contributed by atoms with Crippen molar-refractivity contribution in [2.75, 3.05) is 0 Å². The first-order valence-corrected chi connectivity index (χ1v) is 6.73. The van der Waals surface area contributed by atoms with Crippen molar-refractivity contribution < 1.29 is 14.3 Å². The summed E-state index contributed by atoms with van der Waals surface area (Å²) in [6.45, 7) is 1.73. The molecule has 0 bridgehead atoms. The fourth-order valence-electron chi connectivity index (χ4n) is 2.87. The molecular weight excluding hydrogens is 245 g/mol. The van der Waals surface area contributed by atoms with Gasteiger partial charge in [0.15, 0.2) is 0 Å². The Morgan fingerprint density at radius 1 is 1.37 bits per heavy atom. The van der Waals surface area contributed by atoms with E-state index in [1.165, 1.54) is 6.07 Å². The zero-order chi connectivity index (χ0) is 14.0. The molecule has 104 valence electrons. The molecule has 1 fully saturated rings. The molecule has 4 heteroatoms. The number of aryl methyl sites for hydroxylation is 1. The zero-order valence-electron chi connectivity index (χ0n) is 11.1. The van der Waals surface area contributed by atoms with Gasteiger partial charge in [-0.05, 0) is 55.7 Å². The maximum Gasteiger partial charge on any atom is 0.306 e. The Morgan fingerprint density at radius 3 is 2.53 bits per heavy atom. The summed E-state index contributed by atoms with van der Waals surface area (Å²) in [7, 11) is 0. The van der Waals surface area contributed by atoms with E-state index in [1.54, 1.807) is 19.1 Å². The summed E-state index contributed by atoms with van der Waals surface area (Å²) in [5, 5.41) is 8.97. The van der Waals surface area contributed by atoms with Crippen molar-refractivity contribution >= 4 is 5.97 Å². The molecule has 1 aromatic rings. The normalized spacial score (nSPS) is 25.0. The minimum atomic E-state index is -0.704. The van der Waals surface area contributed by atoms with E-state index in [4.69, 9.17) is 10.8 Å². The van der Waals surface area contributed by atoms with Crippen LogP contribution in [0.1, 0.15) is 42.9 Å². The van der Waals surface area contributed by atoms with E-state index in [0.717, 1.165) is 18.4 Å². The number of carboxylic acids is 1. The largest absolute Gasteiger partial charge is 0.481 e. The van der Waals surface area contributed by atoms with E-state index in [0.29, 0.717) is 24.3 Å². The van der Waals surface area contributed by atoms with Gasteiger partial charge in [-0.2, -0.15) is 0 Å². The summed E-state index contributed by atoms with van der Waals surface area (Å²) >= 11 is 0. The van der Waals surface area contributed by atoms with E-state index in [2.05, 4.69) is 0 Å². The van der Waals surface area contributed by atoms with E-state index < -0.39 is 5.97 Å². The number of hydrogen-bond donors (Lipinski definition) is 2. The standard InChI is InChI=1S/C15H20FNO2/c1-9-8-12(6-7-13(9)16)14(17)10-2-4-11(5-3-10)15(18)19/h6-8,10-11,14H,2-5,17H2,1H3,(H,18,19). The van der Waals surface area contributed by atoms with Crippen LogP contribution >= 0.6 is 0 Å². The maximum atomic E-state index is 13.2. The second-order valence-corrected chi connectivity index (χ2v) is 5.48. The third kappa shape index (κ3) is 3.13. The predicted molar refractivity (Wildman–Crippen MR) is 71.1 cm³/mol. The Labute approximate surface area is 112 Å².